The summed E-state index contributed by atoms with van der Waals surface area (Å²) >= 11 is 0. The molecule has 2 unspecified atom stereocenters. The Labute approximate surface area is 102 Å². The van der Waals surface area contributed by atoms with Gasteiger partial charge in [-0.1, -0.05) is 6.92 Å². The molecule has 2 rings (SSSR count). The number of hydrogen-bond donors (Lipinski definition) is 2. The van der Waals surface area contributed by atoms with E-state index in [0.29, 0.717) is 5.92 Å². The van der Waals surface area contributed by atoms with Gasteiger partial charge in [-0.2, -0.15) is 0 Å². The van der Waals surface area contributed by atoms with Crippen LogP contribution in [0.1, 0.15) is 25.5 Å². The first-order valence-corrected chi connectivity index (χ1v) is 6.12. The van der Waals surface area contributed by atoms with E-state index in [-0.39, 0.29) is 11.9 Å². The quantitative estimate of drug-likeness (QED) is 0.817. The Morgan fingerprint density at radius 3 is 3.12 bits per heavy atom. The molecule has 2 N–H and O–H groups in total. The number of nitrogens with zero attached hydrogens (tertiary/aromatic N) is 1. The first kappa shape index (κ1) is 12.0. The van der Waals surface area contributed by atoms with Crippen molar-refractivity contribution < 1.29 is 4.79 Å². The summed E-state index contributed by atoms with van der Waals surface area (Å²) in [4.78, 5) is 16.1. The Balaban J connectivity index is 1.96. The van der Waals surface area contributed by atoms with Gasteiger partial charge in [0, 0.05) is 17.6 Å². The van der Waals surface area contributed by atoms with Crippen LogP contribution in [0.15, 0.2) is 18.3 Å². The molecule has 1 aromatic heterocycles. The Morgan fingerprint density at radius 1 is 1.59 bits per heavy atom. The summed E-state index contributed by atoms with van der Waals surface area (Å²) in [5, 5.41) is 6.19. The second kappa shape index (κ2) is 5.27. The number of aromatic nitrogens is 1. The number of amides is 1. The Hall–Kier alpha value is -1.42. The van der Waals surface area contributed by atoms with Crippen molar-refractivity contribution in [2.75, 3.05) is 11.9 Å². The number of carbonyl (C=O) groups is 1. The summed E-state index contributed by atoms with van der Waals surface area (Å²) in [5.41, 5.74) is 1.73. The maximum absolute atomic E-state index is 12.0. The van der Waals surface area contributed by atoms with Crippen LogP contribution >= 0.6 is 0 Å². The monoisotopic (exact) mass is 233 g/mol. The summed E-state index contributed by atoms with van der Waals surface area (Å²) in [7, 11) is 0. The smallest absolute Gasteiger partial charge is 0.241 e. The van der Waals surface area contributed by atoms with Crippen molar-refractivity contribution >= 4 is 11.6 Å². The normalized spacial score (nSPS) is 24.4. The van der Waals surface area contributed by atoms with Crippen LogP contribution in [0.4, 0.5) is 5.69 Å². The Kier molecular flexibility index (Phi) is 3.74. The van der Waals surface area contributed by atoms with E-state index >= 15 is 0 Å². The number of aryl methyl sites for hydroxylation is 1. The van der Waals surface area contributed by atoms with E-state index in [4.69, 9.17) is 0 Å². The number of anilines is 1. The van der Waals surface area contributed by atoms with Crippen LogP contribution < -0.4 is 10.6 Å². The molecule has 0 bridgehead atoms. The molecule has 4 nitrogen and oxygen atoms in total. The van der Waals surface area contributed by atoms with Gasteiger partial charge in [0.1, 0.15) is 0 Å². The van der Waals surface area contributed by atoms with Gasteiger partial charge in [-0.25, -0.2) is 0 Å². The molecule has 0 saturated carbocycles. The van der Waals surface area contributed by atoms with Crippen molar-refractivity contribution in [2.24, 2.45) is 5.92 Å². The number of piperidine rings is 1. The van der Waals surface area contributed by atoms with Gasteiger partial charge in [0.25, 0.3) is 0 Å². The molecule has 1 aliphatic heterocycles. The fraction of sp³-hybridized carbons (Fsp3) is 0.538. The number of pyridine rings is 1. The van der Waals surface area contributed by atoms with Crippen molar-refractivity contribution in [2.45, 2.75) is 32.7 Å². The van der Waals surface area contributed by atoms with Gasteiger partial charge in [0.05, 0.1) is 6.04 Å². The zero-order valence-corrected chi connectivity index (χ0v) is 10.4. The molecule has 1 saturated heterocycles. The van der Waals surface area contributed by atoms with Crippen LogP contribution in [0, 0.1) is 12.8 Å². The number of carbonyl (C=O) groups excluding carboxylic acids is 1. The van der Waals surface area contributed by atoms with Gasteiger partial charge in [-0.15, -0.1) is 0 Å². The van der Waals surface area contributed by atoms with Crippen LogP contribution in [0.3, 0.4) is 0 Å². The van der Waals surface area contributed by atoms with Gasteiger partial charge in [-0.3, -0.25) is 9.78 Å². The molecule has 1 amide bonds. The van der Waals surface area contributed by atoms with E-state index in [1.807, 2.05) is 19.1 Å². The number of nitrogens with one attached hydrogen (secondary N) is 2. The third kappa shape index (κ3) is 3.27. The van der Waals surface area contributed by atoms with Gasteiger partial charge < -0.3 is 10.6 Å². The van der Waals surface area contributed by atoms with Gasteiger partial charge >= 0.3 is 0 Å². The van der Waals surface area contributed by atoms with E-state index in [0.717, 1.165) is 30.8 Å². The van der Waals surface area contributed by atoms with Crippen LogP contribution in [-0.2, 0) is 4.79 Å². The lowest BCUT2D eigenvalue weighted by molar-refractivity contribution is -0.119. The molecule has 1 aromatic rings. The largest absolute Gasteiger partial charge is 0.325 e. The minimum atomic E-state index is -0.0628. The Bertz CT molecular complexity index is 405. The van der Waals surface area contributed by atoms with Gasteiger partial charge in [-0.05, 0) is 44.4 Å². The van der Waals surface area contributed by atoms with Crippen LogP contribution in [-0.4, -0.2) is 23.5 Å². The second-order valence-corrected chi connectivity index (χ2v) is 4.81. The average Bonchev–Trinajstić information content (AvgIpc) is 2.29. The first-order valence-electron chi connectivity index (χ1n) is 6.12. The molecule has 0 radical (unpaired) electrons. The molecule has 0 aromatic carbocycles. The molecule has 0 aliphatic carbocycles. The highest BCUT2D eigenvalue weighted by Crippen LogP contribution is 2.16. The van der Waals surface area contributed by atoms with Crippen LogP contribution in [0.2, 0.25) is 0 Å². The molecule has 1 aliphatic rings. The third-order valence-corrected chi connectivity index (χ3v) is 3.15. The summed E-state index contributed by atoms with van der Waals surface area (Å²) in [6.45, 7) is 5.03. The minimum absolute atomic E-state index is 0.0575. The summed E-state index contributed by atoms with van der Waals surface area (Å²) in [6, 6.07) is 3.63. The highest BCUT2D eigenvalue weighted by Gasteiger charge is 2.24. The number of rotatable bonds is 2. The highest BCUT2D eigenvalue weighted by molar-refractivity contribution is 5.94. The molecule has 1 fully saturated rings. The maximum Gasteiger partial charge on any atom is 0.241 e. The van der Waals surface area contributed by atoms with E-state index in [1.54, 1.807) is 6.20 Å². The van der Waals surface area contributed by atoms with Crippen molar-refractivity contribution in [3.05, 3.63) is 24.0 Å². The molecule has 92 valence electrons. The molecule has 4 heteroatoms. The lowest BCUT2D eigenvalue weighted by atomic mass is 9.94. The van der Waals surface area contributed by atoms with Crippen molar-refractivity contribution in [1.82, 2.24) is 10.3 Å². The molecular weight excluding hydrogens is 214 g/mol. The predicted molar refractivity (Wildman–Crippen MR) is 67.8 cm³/mol. The second-order valence-electron chi connectivity index (χ2n) is 4.81. The topological polar surface area (TPSA) is 54.0 Å². The first-order chi connectivity index (χ1) is 8.15. The summed E-state index contributed by atoms with van der Waals surface area (Å²) in [5.74, 6) is 0.674. The zero-order valence-electron chi connectivity index (χ0n) is 10.4. The average molecular weight is 233 g/mol. The van der Waals surface area contributed by atoms with Crippen LogP contribution in [0.25, 0.3) is 0 Å². The van der Waals surface area contributed by atoms with Crippen molar-refractivity contribution in [3.63, 3.8) is 0 Å². The van der Waals surface area contributed by atoms with Crippen LogP contribution in [0.5, 0.6) is 0 Å². The van der Waals surface area contributed by atoms with Crippen molar-refractivity contribution in [1.29, 1.82) is 0 Å². The lowest BCUT2D eigenvalue weighted by Gasteiger charge is -2.27. The molecule has 0 spiro atoms. The molecule has 2 heterocycles. The van der Waals surface area contributed by atoms with E-state index < -0.39 is 0 Å². The van der Waals surface area contributed by atoms with E-state index in [1.165, 1.54) is 0 Å². The summed E-state index contributed by atoms with van der Waals surface area (Å²) < 4.78 is 0. The van der Waals surface area contributed by atoms with E-state index in [9.17, 15) is 4.79 Å². The molecular formula is C13H19N3O. The SMILES string of the molecule is Cc1cc(NC(=O)C2CC(C)CCN2)ccn1. The fourth-order valence-electron chi connectivity index (χ4n) is 2.16. The zero-order chi connectivity index (χ0) is 12.3. The van der Waals surface area contributed by atoms with Gasteiger partial charge in [0.2, 0.25) is 5.91 Å². The predicted octanol–water partition coefficient (Wildman–Crippen LogP) is 1.72. The minimum Gasteiger partial charge on any atom is -0.325 e. The van der Waals surface area contributed by atoms with Gasteiger partial charge in [0.15, 0.2) is 0 Å². The third-order valence-electron chi connectivity index (χ3n) is 3.15. The molecule has 2 atom stereocenters. The number of hydrogen-bond acceptors (Lipinski definition) is 3. The molecule has 17 heavy (non-hydrogen) atoms. The lowest BCUT2D eigenvalue weighted by Crippen LogP contribution is -2.45. The maximum atomic E-state index is 12.0. The Morgan fingerprint density at radius 2 is 2.41 bits per heavy atom. The highest BCUT2D eigenvalue weighted by atomic mass is 16.2. The van der Waals surface area contributed by atoms with Crippen molar-refractivity contribution in [3.8, 4) is 0 Å². The standard InChI is InChI=1S/C13H19N3O/c1-9-3-5-15-12(7-9)13(17)16-11-4-6-14-10(2)8-11/h4,6,8-9,12,15H,3,5,7H2,1-2H3,(H,14,16,17). The fourth-order valence-corrected chi connectivity index (χ4v) is 2.16. The summed E-state index contributed by atoms with van der Waals surface area (Å²) in [6.07, 6.45) is 3.77. The van der Waals surface area contributed by atoms with E-state index in [2.05, 4.69) is 22.5 Å².